The Kier molecular flexibility index (Phi) is 7.64. The Labute approximate surface area is 330 Å². The molecular weight excluding hydrogens is 697 g/mol. The van der Waals surface area contributed by atoms with Gasteiger partial charge in [-0.1, -0.05) is 158 Å². The van der Waals surface area contributed by atoms with Gasteiger partial charge in [0.05, 0.1) is 16.8 Å². The van der Waals surface area contributed by atoms with Crippen LogP contribution in [0.4, 0.5) is 17.1 Å². The molecule has 0 amide bonds. The van der Waals surface area contributed by atoms with Crippen LogP contribution in [0.2, 0.25) is 0 Å². The van der Waals surface area contributed by atoms with E-state index in [1.807, 2.05) is 72.8 Å². The Bertz CT molecular complexity index is 2960. The molecule has 8 aromatic carbocycles. The van der Waals surface area contributed by atoms with Crippen LogP contribution in [0.25, 0.3) is 56.1 Å². The SMILES string of the molecule is c1ccc(-c2nc(-c3ccccc3)nc(-c3ccc(N4c5ccccc5C(c5ccccc5)(c5ccc6c(c5)oc5ccccc56)c5ccccc54)cc3)n2)cc1. The molecule has 10 aromatic rings. The molecule has 0 N–H and O–H groups in total. The zero-order chi connectivity index (χ0) is 37.8. The highest BCUT2D eigenvalue weighted by atomic mass is 16.3. The average Bonchev–Trinajstić information content (AvgIpc) is 3.67. The van der Waals surface area contributed by atoms with Gasteiger partial charge in [-0.3, -0.25) is 0 Å². The fraction of sp³-hybridized carbons (Fsp3) is 0.0192. The van der Waals surface area contributed by atoms with Crippen LogP contribution >= 0.6 is 0 Å². The van der Waals surface area contributed by atoms with Crippen molar-refractivity contribution in [2.75, 3.05) is 4.90 Å². The van der Waals surface area contributed by atoms with Gasteiger partial charge in [0.1, 0.15) is 11.2 Å². The number of hydrogen-bond donors (Lipinski definition) is 0. The molecule has 0 saturated heterocycles. The van der Waals surface area contributed by atoms with Gasteiger partial charge >= 0.3 is 0 Å². The minimum absolute atomic E-state index is 0.623. The fourth-order valence-corrected chi connectivity index (χ4v) is 8.66. The third-order valence-electron chi connectivity index (χ3n) is 11.2. The minimum atomic E-state index is -0.634. The number of fused-ring (bicyclic) bond motifs is 5. The Morgan fingerprint density at radius 1 is 0.368 bits per heavy atom. The van der Waals surface area contributed by atoms with E-state index in [-0.39, 0.29) is 0 Å². The maximum absolute atomic E-state index is 6.52. The maximum atomic E-state index is 6.52. The number of anilines is 3. The van der Waals surface area contributed by atoms with Gasteiger partial charge in [0.25, 0.3) is 0 Å². The van der Waals surface area contributed by atoms with Crippen LogP contribution in [0.3, 0.4) is 0 Å². The molecule has 0 fully saturated rings. The van der Waals surface area contributed by atoms with Gasteiger partial charge in [-0.2, -0.15) is 0 Å². The van der Waals surface area contributed by atoms with E-state index in [4.69, 9.17) is 19.4 Å². The second-order valence-electron chi connectivity index (χ2n) is 14.4. The summed E-state index contributed by atoms with van der Waals surface area (Å²) in [5.41, 5.74) is 11.9. The smallest absolute Gasteiger partial charge is 0.164 e. The molecule has 0 unspecified atom stereocenters. The standard InChI is InChI=1S/C52H34N4O/c1-4-16-35(17-5-1)49-53-50(36-18-6-2-7-19-36)55-51(54-49)37-28-31-40(32-29-37)56-45-25-13-11-23-43(45)52(38-20-8-3-9-21-38,44-24-12-14-26-46(44)56)39-30-33-42-41-22-10-15-27-47(41)57-48(42)34-39/h1-34H. The van der Waals surface area contributed by atoms with Gasteiger partial charge < -0.3 is 9.32 Å². The van der Waals surface area contributed by atoms with Crippen LogP contribution in [-0.4, -0.2) is 15.0 Å². The molecule has 0 aliphatic carbocycles. The topological polar surface area (TPSA) is 55.1 Å². The van der Waals surface area contributed by atoms with Crippen molar-refractivity contribution < 1.29 is 4.42 Å². The summed E-state index contributed by atoms with van der Waals surface area (Å²) in [4.78, 5) is 17.3. The Balaban J connectivity index is 1.08. The Morgan fingerprint density at radius 3 is 1.44 bits per heavy atom. The second kappa shape index (κ2) is 13.3. The highest BCUT2D eigenvalue weighted by Gasteiger charge is 2.46. The van der Waals surface area contributed by atoms with Gasteiger partial charge in [-0.05, 0) is 70.8 Å². The first-order valence-corrected chi connectivity index (χ1v) is 19.2. The average molecular weight is 731 g/mol. The number of para-hydroxylation sites is 3. The monoisotopic (exact) mass is 730 g/mol. The van der Waals surface area contributed by atoms with E-state index in [9.17, 15) is 0 Å². The third kappa shape index (κ3) is 5.28. The summed E-state index contributed by atoms with van der Waals surface area (Å²) in [6, 6.07) is 72.3. The quantitative estimate of drug-likeness (QED) is 0.170. The first-order valence-electron chi connectivity index (χ1n) is 19.2. The summed E-state index contributed by atoms with van der Waals surface area (Å²) in [5.74, 6) is 1.90. The second-order valence-corrected chi connectivity index (χ2v) is 14.4. The number of hydrogen-bond acceptors (Lipinski definition) is 5. The van der Waals surface area contributed by atoms with Crippen LogP contribution in [-0.2, 0) is 5.41 Å². The normalized spacial score (nSPS) is 13.0. The highest BCUT2D eigenvalue weighted by molar-refractivity contribution is 6.05. The number of nitrogens with zero attached hydrogens (tertiary/aromatic N) is 4. The molecule has 0 saturated carbocycles. The third-order valence-corrected chi connectivity index (χ3v) is 11.2. The van der Waals surface area contributed by atoms with E-state index < -0.39 is 5.41 Å². The van der Waals surface area contributed by atoms with Crippen molar-refractivity contribution in [1.29, 1.82) is 0 Å². The lowest BCUT2D eigenvalue weighted by molar-refractivity contribution is 0.664. The lowest BCUT2D eigenvalue weighted by atomic mass is 9.62. The number of benzene rings is 8. The van der Waals surface area contributed by atoms with Gasteiger partial charge in [0, 0.05) is 33.2 Å². The van der Waals surface area contributed by atoms with Crippen LogP contribution in [0.15, 0.2) is 211 Å². The Hall–Kier alpha value is -7.63. The van der Waals surface area contributed by atoms with Crippen LogP contribution in [0, 0.1) is 0 Å². The zero-order valence-electron chi connectivity index (χ0n) is 30.8. The molecule has 3 heterocycles. The zero-order valence-corrected chi connectivity index (χ0v) is 30.8. The predicted molar refractivity (Wildman–Crippen MR) is 230 cm³/mol. The minimum Gasteiger partial charge on any atom is -0.456 e. The van der Waals surface area contributed by atoms with Crippen molar-refractivity contribution in [3.05, 3.63) is 229 Å². The van der Waals surface area contributed by atoms with Crippen molar-refractivity contribution in [2.24, 2.45) is 0 Å². The molecule has 57 heavy (non-hydrogen) atoms. The molecule has 1 aliphatic rings. The lowest BCUT2D eigenvalue weighted by Crippen LogP contribution is -2.37. The molecule has 1 aliphatic heterocycles. The number of rotatable bonds is 6. The van der Waals surface area contributed by atoms with Crippen molar-refractivity contribution >= 4 is 39.0 Å². The largest absolute Gasteiger partial charge is 0.456 e. The molecule has 11 rings (SSSR count). The molecule has 0 atom stereocenters. The summed E-state index contributed by atoms with van der Waals surface area (Å²) in [6.07, 6.45) is 0. The molecule has 0 bridgehead atoms. The first-order chi connectivity index (χ1) is 28.3. The van der Waals surface area contributed by atoms with E-state index in [2.05, 4.69) is 138 Å². The predicted octanol–water partition coefficient (Wildman–Crippen LogP) is 12.9. The summed E-state index contributed by atoms with van der Waals surface area (Å²) in [7, 11) is 0. The highest BCUT2D eigenvalue weighted by Crippen LogP contribution is 2.58. The van der Waals surface area contributed by atoms with Gasteiger partial charge in [0.2, 0.25) is 0 Å². The summed E-state index contributed by atoms with van der Waals surface area (Å²) >= 11 is 0. The molecule has 0 spiro atoms. The molecular formula is C52H34N4O. The van der Waals surface area contributed by atoms with Crippen LogP contribution < -0.4 is 4.90 Å². The molecule has 2 aromatic heterocycles. The number of aromatic nitrogens is 3. The molecule has 5 heteroatoms. The van der Waals surface area contributed by atoms with Crippen molar-refractivity contribution in [2.45, 2.75) is 5.41 Å². The van der Waals surface area contributed by atoms with E-state index in [1.54, 1.807) is 0 Å². The molecule has 268 valence electrons. The van der Waals surface area contributed by atoms with Gasteiger partial charge in [-0.15, -0.1) is 0 Å². The van der Waals surface area contributed by atoms with Crippen LogP contribution in [0.5, 0.6) is 0 Å². The van der Waals surface area contributed by atoms with Gasteiger partial charge in [-0.25, -0.2) is 15.0 Å². The molecule has 5 nitrogen and oxygen atoms in total. The van der Waals surface area contributed by atoms with Crippen molar-refractivity contribution in [1.82, 2.24) is 15.0 Å². The Morgan fingerprint density at radius 2 is 0.842 bits per heavy atom. The van der Waals surface area contributed by atoms with E-state index in [0.29, 0.717) is 17.5 Å². The van der Waals surface area contributed by atoms with Gasteiger partial charge in [0.15, 0.2) is 17.5 Å². The van der Waals surface area contributed by atoms with Crippen molar-refractivity contribution in [3.8, 4) is 34.2 Å². The van der Waals surface area contributed by atoms with E-state index in [1.165, 1.54) is 16.7 Å². The van der Waals surface area contributed by atoms with E-state index >= 15 is 0 Å². The number of furan rings is 1. The maximum Gasteiger partial charge on any atom is 0.164 e. The first kappa shape index (κ1) is 32.8. The van der Waals surface area contributed by atoms with Crippen molar-refractivity contribution in [3.63, 3.8) is 0 Å². The summed E-state index contributed by atoms with van der Waals surface area (Å²) < 4.78 is 6.52. The summed E-state index contributed by atoms with van der Waals surface area (Å²) in [5, 5.41) is 2.23. The lowest BCUT2D eigenvalue weighted by Gasteiger charge is -2.46. The van der Waals surface area contributed by atoms with E-state index in [0.717, 1.165) is 61.3 Å². The fourth-order valence-electron chi connectivity index (χ4n) is 8.66. The van der Waals surface area contributed by atoms with Crippen LogP contribution in [0.1, 0.15) is 22.3 Å². The molecule has 0 radical (unpaired) electrons. The summed E-state index contributed by atoms with van der Waals surface area (Å²) in [6.45, 7) is 0.